The molecule has 37 heavy (non-hydrogen) atoms. The Morgan fingerprint density at radius 2 is 1.32 bits per heavy atom. The molecule has 190 valence electrons. The summed E-state index contributed by atoms with van der Waals surface area (Å²) >= 11 is 0. The van der Waals surface area contributed by atoms with Crippen molar-refractivity contribution >= 4 is 0 Å². The van der Waals surface area contributed by atoms with Crippen LogP contribution in [-0.2, 0) is 11.3 Å². The molecule has 0 spiro atoms. The molecule has 5 rings (SSSR count). The lowest BCUT2D eigenvalue weighted by Gasteiger charge is -2.23. The zero-order valence-corrected chi connectivity index (χ0v) is 22.2. The van der Waals surface area contributed by atoms with E-state index in [1.165, 1.54) is 29.5 Å². The van der Waals surface area contributed by atoms with Crippen molar-refractivity contribution in [3.8, 4) is 28.0 Å². The average Bonchev–Trinajstić information content (AvgIpc) is 2.92. The molecule has 4 aromatic carbocycles. The summed E-state index contributed by atoms with van der Waals surface area (Å²) in [6.07, 6.45) is 3.75. The smallest absolute Gasteiger partial charge is 0.126 e. The Morgan fingerprint density at radius 3 is 1.92 bits per heavy atom. The van der Waals surface area contributed by atoms with E-state index >= 15 is 0 Å². The number of ether oxygens (including phenoxy) is 2. The van der Waals surface area contributed by atoms with Crippen LogP contribution in [0.5, 0.6) is 5.75 Å². The van der Waals surface area contributed by atoms with Crippen molar-refractivity contribution in [3.05, 3.63) is 112 Å². The Bertz CT molecular complexity index is 1330. The number of hydrogen-bond donors (Lipinski definition) is 0. The molecule has 0 aromatic heterocycles. The molecule has 1 atom stereocenters. The maximum absolute atomic E-state index is 14.2. The fourth-order valence-electron chi connectivity index (χ4n) is 5.17. The third kappa shape index (κ3) is 5.62. The summed E-state index contributed by atoms with van der Waals surface area (Å²) in [5, 5.41) is 0. The van der Waals surface area contributed by atoms with E-state index in [4.69, 9.17) is 9.47 Å². The molecule has 1 saturated heterocycles. The van der Waals surface area contributed by atoms with E-state index in [-0.39, 0.29) is 11.9 Å². The first-order valence-corrected chi connectivity index (χ1v) is 13.2. The van der Waals surface area contributed by atoms with Crippen molar-refractivity contribution in [2.24, 2.45) is 0 Å². The third-order valence-electron chi connectivity index (χ3n) is 7.53. The van der Waals surface area contributed by atoms with Gasteiger partial charge in [-0.05, 0) is 121 Å². The molecule has 1 aliphatic heterocycles. The molecule has 0 bridgehead atoms. The van der Waals surface area contributed by atoms with Crippen molar-refractivity contribution in [2.45, 2.75) is 59.7 Å². The Hall–Kier alpha value is -3.43. The quantitative estimate of drug-likeness (QED) is 0.266. The van der Waals surface area contributed by atoms with E-state index in [1.807, 2.05) is 32.0 Å². The zero-order valence-electron chi connectivity index (χ0n) is 22.2. The van der Waals surface area contributed by atoms with E-state index in [1.54, 1.807) is 6.07 Å². The Kier molecular flexibility index (Phi) is 7.43. The molecule has 0 radical (unpaired) electrons. The standard InChI is InChI=1S/C34H35FO2/c1-22-17-31(20-32(35)25(22)4)27-10-8-26(9-11-27)21-37-34-23(2)18-30(19-24(34)3)28-12-14-29(15-13-28)33-7-5-6-16-36-33/h8-15,17-20,33H,5-7,16,21H2,1-4H3. The molecular formula is C34H35FO2. The van der Waals surface area contributed by atoms with Gasteiger partial charge in [0.15, 0.2) is 0 Å². The van der Waals surface area contributed by atoms with Crippen LogP contribution >= 0.6 is 0 Å². The minimum atomic E-state index is -0.161. The maximum Gasteiger partial charge on any atom is 0.126 e. The monoisotopic (exact) mass is 494 g/mol. The van der Waals surface area contributed by atoms with E-state index in [9.17, 15) is 4.39 Å². The highest BCUT2D eigenvalue weighted by molar-refractivity contribution is 5.68. The molecule has 1 aliphatic rings. The van der Waals surface area contributed by atoms with E-state index in [2.05, 4.69) is 62.4 Å². The SMILES string of the molecule is Cc1cc(-c2ccc(COc3c(C)cc(-c4ccc(C5CCCCO5)cc4)cc3C)cc2)cc(F)c1C. The Morgan fingerprint density at radius 1 is 0.730 bits per heavy atom. The van der Waals surface area contributed by atoms with Crippen molar-refractivity contribution in [1.82, 2.24) is 0 Å². The molecule has 0 saturated carbocycles. The second kappa shape index (κ2) is 10.9. The predicted octanol–water partition coefficient (Wildman–Crippen LogP) is 9.21. The molecule has 1 unspecified atom stereocenters. The molecule has 3 heteroatoms. The zero-order chi connectivity index (χ0) is 25.9. The van der Waals surface area contributed by atoms with Gasteiger partial charge >= 0.3 is 0 Å². The first-order chi connectivity index (χ1) is 17.9. The molecule has 4 aromatic rings. The molecule has 0 amide bonds. The molecular weight excluding hydrogens is 459 g/mol. The average molecular weight is 495 g/mol. The van der Waals surface area contributed by atoms with Gasteiger partial charge in [-0.15, -0.1) is 0 Å². The van der Waals surface area contributed by atoms with E-state index in [0.29, 0.717) is 12.2 Å². The minimum Gasteiger partial charge on any atom is -0.488 e. The summed E-state index contributed by atoms with van der Waals surface area (Å²) in [7, 11) is 0. The van der Waals surface area contributed by atoms with E-state index < -0.39 is 0 Å². The largest absolute Gasteiger partial charge is 0.488 e. The normalized spacial score (nSPS) is 15.5. The molecule has 2 nitrogen and oxygen atoms in total. The number of aryl methyl sites for hydroxylation is 3. The highest BCUT2D eigenvalue weighted by Gasteiger charge is 2.16. The number of halogens is 1. The van der Waals surface area contributed by atoms with Crippen LogP contribution in [0.15, 0.2) is 72.8 Å². The summed E-state index contributed by atoms with van der Waals surface area (Å²) < 4.78 is 26.4. The molecule has 1 fully saturated rings. The maximum atomic E-state index is 14.2. The first-order valence-electron chi connectivity index (χ1n) is 13.2. The van der Waals surface area contributed by atoms with Gasteiger partial charge in [0.1, 0.15) is 18.2 Å². The highest BCUT2D eigenvalue weighted by atomic mass is 19.1. The van der Waals surface area contributed by atoms with Crippen LogP contribution in [0.1, 0.15) is 58.7 Å². The summed E-state index contributed by atoms with van der Waals surface area (Å²) in [5.74, 6) is 0.766. The van der Waals surface area contributed by atoms with E-state index in [0.717, 1.165) is 52.2 Å². The lowest BCUT2D eigenvalue weighted by molar-refractivity contribution is 0.0149. The molecule has 0 N–H and O–H groups in total. The number of benzene rings is 4. The van der Waals surface area contributed by atoms with Gasteiger partial charge in [0, 0.05) is 6.61 Å². The van der Waals surface area contributed by atoms with Crippen LogP contribution in [0.4, 0.5) is 4.39 Å². The van der Waals surface area contributed by atoms with Crippen molar-refractivity contribution in [2.75, 3.05) is 6.61 Å². The van der Waals surface area contributed by atoms with Gasteiger partial charge in [0.25, 0.3) is 0 Å². The van der Waals surface area contributed by atoms with Gasteiger partial charge in [-0.1, -0.05) is 54.6 Å². The van der Waals surface area contributed by atoms with Crippen molar-refractivity contribution < 1.29 is 13.9 Å². The predicted molar refractivity (Wildman–Crippen MR) is 150 cm³/mol. The van der Waals surface area contributed by atoms with Gasteiger partial charge in [0.05, 0.1) is 6.10 Å². The van der Waals surface area contributed by atoms with Gasteiger partial charge in [-0.3, -0.25) is 0 Å². The van der Waals surface area contributed by atoms with Crippen LogP contribution in [-0.4, -0.2) is 6.61 Å². The highest BCUT2D eigenvalue weighted by Crippen LogP contribution is 2.33. The van der Waals surface area contributed by atoms with Gasteiger partial charge in [-0.25, -0.2) is 4.39 Å². The van der Waals surface area contributed by atoms with Crippen LogP contribution in [0.25, 0.3) is 22.3 Å². The summed E-state index contributed by atoms with van der Waals surface area (Å²) in [6.45, 7) is 9.32. The van der Waals surface area contributed by atoms with Crippen LogP contribution in [0, 0.1) is 33.5 Å². The topological polar surface area (TPSA) is 18.5 Å². The summed E-state index contributed by atoms with van der Waals surface area (Å²) in [4.78, 5) is 0. The van der Waals surface area contributed by atoms with Crippen molar-refractivity contribution in [3.63, 3.8) is 0 Å². The Balaban J connectivity index is 1.27. The molecule has 1 heterocycles. The second-order valence-corrected chi connectivity index (χ2v) is 10.3. The number of hydrogen-bond acceptors (Lipinski definition) is 2. The van der Waals surface area contributed by atoms with Gasteiger partial charge in [0.2, 0.25) is 0 Å². The van der Waals surface area contributed by atoms with Gasteiger partial charge < -0.3 is 9.47 Å². The summed E-state index contributed by atoms with van der Waals surface area (Å²) in [6, 6.07) is 25.0. The van der Waals surface area contributed by atoms with Crippen LogP contribution in [0.3, 0.4) is 0 Å². The number of rotatable bonds is 6. The van der Waals surface area contributed by atoms with Crippen LogP contribution < -0.4 is 4.74 Å². The van der Waals surface area contributed by atoms with Crippen molar-refractivity contribution in [1.29, 1.82) is 0 Å². The first kappa shape index (κ1) is 25.2. The fourth-order valence-corrected chi connectivity index (χ4v) is 5.17. The summed E-state index contributed by atoms with van der Waals surface area (Å²) in [5.41, 5.74) is 10.6. The fraction of sp³-hybridized carbons (Fsp3) is 0.294. The minimum absolute atomic E-state index is 0.161. The van der Waals surface area contributed by atoms with Gasteiger partial charge in [-0.2, -0.15) is 0 Å². The second-order valence-electron chi connectivity index (χ2n) is 10.3. The lowest BCUT2D eigenvalue weighted by atomic mass is 9.96. The third-order valence-corrected chi connectivity index (χ3v) is 7.53. The lowest BCUT2D eigenvalue weighted by Crippen LogP contribution is -2.11. The Labute approximate surface area is 220 Å². The van der Waals surface area contributed by atoms with Crippen LogP contribution in [0.2, 0.25) is 0 Å². The molecule has 0 aliphatic carbocycles.